The maximum absolute atomic E-state index is 13.8. The van der Waals surface area contributed by atoms with Gasteiger partial charge in [-0.05, 0) is 42.3 Å². The molecule has 3 aromatic rings. The summed E-state index contributed by atoms with van der Waals surface area (Å²) < 4.78 is 13.8. The van der Waals surface area contributed by atoms with E-state index in [0.29, 0.717) is 16.6 Å². The van der Waals surface area contributed by atoms with Gasteiger partial charge >= 0.3 is 6.03 Å². The highest BCUT2D eigenvalue weighted by atomic mass is 32.1. The number of halogens is 1. The van der Waals surface area contributed by atoms with Crippen molar-refractivity contribution in [3.63, 3.8) is 0 Å². The van der Waals surface area contributed by atoms with Crippen molar-refractivity contribution < 1.29 is 14.0 Å². The number of anilines is 3. The zero-order valence-corrected chi connectivity index (χ0v) is 19.7. The summed E-state index contributed by atoms with van der Waals surface area (Å²) in [5, 5.41) is 17.0. The Morgan fingerprint density at radius 2 is 1.76 bits per heavy atom. The highest BCUT2D eigenvalue weighted by Gasteiger charge is 2.27. The summed E-state index contributed by atoms with van der Waals surface area (Å²) in [6.07, 6.45) is 0.650. The molecule has 1 aromatic heterocycles. The van der Waals surface area contributed by atoms with E-state index in [1.807, 2.05) is 57.1 Å². The molecule has 10 heteroatoms. The van der Waals surface area contributed by atoms with Gasteiger partial charge in [-0.2, -0.15) is 0 Å². The van der Waals surface area contributed by atoms with Crippen LogP contribution in [0.15, 0.2) is 48.5 Å². The third-order valence-corrected chi connectivity index (χ3v) is 6.08. The molecule has 174 valence electrons. The molecule has 2 atom stereocenters. The predicted octanol–water partition coefficient (Wildman–Crippen LogP) is 4.59. The fourth-order valence-electron chi connectivity index (χ4n) is 3.04. The minimum absolute atomic E-state index is 0.0346. The van der Waals surface area contributed by atoms with Gasteiger partial charge < -0.3 is 15.5 Å². The smallest absolute Gasteiger partial charge is 0.319 e. The molecule has 2 unspecified atom stereocenters. The Hall–Kier alpha value is -3.53. The number of nitrogens with one attached hydrogen (secondary N) is 3. The summed E-state index contributed by atoms with van der Waals surface area (Å²) in [4.78, 5) is 27.4. The van der Waals surface area contributed by atoms with E-state index >= 15 is 0 Å². The van der Waals surface area contributed by atoms with Crippen LogP contribution in [0.3, 0.4) is 0 Å². The number of hydrogen-bond acceptors (Lipinski definition) is 6. The summed E-state index contributed by atoms with van der Waals surface area (Å²) in [6.45, 7) is 3.77. The van der Waals surface area contributed by atoms with Crippen molar-refractivity contribution in [3.8, 4) is 10.6 Å². The van der Waals surface area contributed by atoms with Gasteiger partial charge in [0.05, 0.1) is 5.69 Å². The first kappa shape index (κ1) is 24.1. The van der Waals surface area contributed by atoms with Crippen LogP contribution in [0, 0.1) is 11.7 Å². The van der Waals surface area contributed by atoms with E-state index in [1.54, 1.807) is 6.07 Å². The second-order valence-electron chi connectivity index (χ2n) is 7.78. The van der Waals surface area contributed by atoms with Crippen molar-refractivity contribution in [2.45, 2.75) is 26.3 Å². The summed E-state index contributed by atoms with van der Waals surface area (Å²) in [6, 6.07) is 12.2. The molecular formula is C23H27FN6O2S. The molecule has 0 radical (unpaired) electrons. The second kappa shape index (κ2) is 10.9. The van der Waals surface area contributed by atoms with Crippen LogP contribution in [0.25, 0.3) is 10.6 Å². The quantitative estimate of drug-likeness (QED) is 0.447. The highest BCUT2D eigenvalue weighted by Crippen LogP contribution is 2.28. The van der Waals surface area contributed by atoms with Crippen LogP contribution in [0.1, 0.15) is 20.3 Å². The number of benzene rings is 2. The third-order valence-electron chi connectivity index (χ3n) is 5.19. The number of rotatable bonds is 8. The maximum atomic E-state index is 13.8. The molecule has 0 saturated carbocycles. The van der Waals surface area contributed by atoms with Crippen molar-refractivity contribution in [1.82, 2.24) is 15.5 Å². The Kier molecular flexibility index (Phi) is 7.94. The molecule has 0 spiro atoms. The molecule has 3 rings (SSSR count). The number of carbonyl (C=O) groups excluding carboxylic acids is 2. The second-order valence-corrected chi connectivity index (χ2v) is 8.76. The molecule has 33 heavy (non-hydrogen) atoms. The van der Waals surface area contributed by atoms with Gasteiger partial charge in [0.1, 0.15) is 16.9 Å². The molecule has 0 aliphatic heterocycles. The zero-order chi connectivity index (χ0) is 24.0. The molecule has 1 heterocycles. The monoisotopic (exact) mass is 470 g/mol. The topological polar surface area (TPSA) is 99.2 Å². The average molecular weight is 471 g/mol. The van der Waals surface area contributed by atoms with Gasteiger partial charge in [-0.25, -0.2) is 9.18 Å². The van der Waals surface area contributed by atoms with Gasteiger partial charge in [0.15, 0.2) is 0 Å². The first-order valence-electron chi connectivity index (χ1n) is 10.5. The summed E-state index contributed by atoms with van der Waals surface area (Å²) >= 11 is 1.24. The SMILES string of the molecule is CCC(C)C(NC(=O)Nc1ccccc1F)C(=O)Nc1nnc(-c2ccc(N(C)C)cc2)s1. The van der Waals surface area contributed by atoms with Crippen molar-refractivity contribution in [3.05, 3.63) is 54.3 Å². The maximum Gasteiger partial charge on any atom is 0.319 e. The Morgan fingerprint density at radius 3 is 2.39 bits per heavy atom. The van der Waals surface area contributed by atoms with Crippen molar-refractivity contribution >= 4 is 39.8 Å². The fourth-order valence-corrected chi connectivity index (χ4v) is 3.79. The van der Waals surface area contributed by atoms with Gasteiger partial charge in [0.25, 0.3) is 0 Å². The van der Waals surface area contributed by atoms with Crippen molar-refractivity contribution in [2.24, 2.45) is 5.92 Å². The van der Waals surface area contributed by atoms with Crippen LogP contribution in [0.5, 0.6) is 0 Å². The standard InChI is InChI=1S/C23H27FN6O2S/c1-5-14(2)19(26-22(32)25-18-9-7-6-8-17(18)24)20(31)27-23-29-28-21(33-23)15-10-12-16(13-11-15)30(3)4/h6-14,19H,5H2,1-4H3,(H2,25,26,32)(H,27,29,31). The average Bonchev–Trinajstić information content (AvgIpc) is 3.27. The van der Waals surface area contributed by atoms with E-state index in [1.165, 1.54) is 29.5 Å². The summed E-state index contributed by atoms with van der Waals surface area (Å²) in [7, 11) is 3.93. The van der Waals surface area contributed by atoms with E-state index in [2.05, 4.69) is 26.1 Å². The Bertz CT molecular complexity index is 1100. The Labute approximate surface area is 196 Å². The minimum atomic E-state index is -0.839. The normalized spacial score (nSPS) is 12.5. The number of hydrogen-bond donors (Lipinski definition) is 3. The lowest BCUT2D eigenvalue weighted by molar-refractivity contribution is -0.119. The molecule has 0 bridgehead atoms. The molecule has 0 saturated heterocycles. The number of nitrogens with zero attached hydrogens (tertiary/aromatic N) is 3. The Morgan fingerprint density at radius 1 is 1.06 bits per heavy atom. The van der Waals surface area contributed by atoms with Crippen molar-refractivity contribution in [1.29, 1.82) is 0 Å². The third kappa shape index (κ3) is 6.26. The highest BCUT2D eigenvalue weighted by molar-refractivity contribution is 7.18. The van der Waals surface area contributed by atoms with E-state index in [0.717, 1.165) is 11.3 Å². The van der Waals surface area contributed by atoms with Crippen molar-refractivity contribution in [2.75, 3.05) is 29.6 Å². The van der Waals surface area contributed by atoms with Gasteiger partial charge in [-0.1, -0.05) is 43.7 Å². The first-order chi connectivity index (χ1) is 15.8. The fraction of sp³-hybridized carbons (Fsp3) is 0.304. The first-order valence-corrected chi connectivity index (χ1v) is 11.3. The van der Waals surface area contributed by atoms with Crippen LogP contribution < -0.4 is 20.9 Å². The largest absolute Gasteiger partial charge is 0.378 e. The van der Waals surface area contributed by atoms with Gasteiger partial charge in [-0.15, -0.1) is 10.2 Å². The molecule has 0 aliphatic rings. The molecular weight excluding hydrogens is 443 g/mol. The number of aromatic nitrogens is 2. The van der Waals surface area contributed by atoms with E-state index < -0.39 is 23.8 Å². The molecule has 0 aliphatic carbocycles. The van der Waals surface area contributed by atoms with Crippen LogP contribution in [-0.2, 0) is 4.79 Å². The summed E-state index contributed by atoms with van der Waals surface area (Å²) in [5.74, 6) is -1.14. The van der Waals surface area contributed by atoms with Crippen LogP contribution in [0.4, 0.5) is 25.7 Å². The molecule has 2 aromatic carbocycles. The molecule has 3 N–H and O–H groups in total. The van der Waals surface area contributed by atoms with Crippen LogP contribution >= 0.6 is 11.3 Å². The van der Waals surface area contributed by atoms with Gasteiger partial charge in [0.2, 0.25) is 11.0 Å². The predicted molar refractivity (Wildman–Crippen MR) is 130 cm³/mol. The minimum Gasteiger partial charge on any atom is -0.378 e. The number of para-hydroxylation sites is 1. The van der Waals surface area contributed by atoms with E-state index in [9.17, 15) is 14.0 Å². The zero-order valence-electron chi connectivity index (χ0n) is 18.9. The Balaban J connectivity index is 1.67. The number of amides is 3. The van der Waals surface area contributed by atoms with Crippen LogP contribution in [-0.4, -0.2) is 42.3 Å². The molecule has 0 fully saturated rings. The number of carbonyl (C=O) groups is 2. The molecule has 8 nitrogen and oxygen atoms in total. The van der Waals surface area contributed by atoms with Crippen LogP contribution in [0.2, 0.25) is 0 Å². The van der Waals surface area contributed by atoms with Gasteiger partial charge in [0, 0.05) is 25.3 Å². The summed E-state index contributed by atoms with van der Waals surface area (Å²) in [5.41, 5.74) is 1.99. The molecule has 3 amide bonds. The lowest BCUT2D eigenvalue weighted by atomic mass is 9.98. The van der Waals surface area contributed by atoms with E-state index in [-0.39, 0.29) is 11.6 Å². The van der Waals surface area contributed by atoms with Gasteiger partial charge in [-0.3, -0.25) is 10.1 Å². The lowest BCUT2D eigenvalue weighted by Crippen LogP contribution is -2.49. The number of urea groups is 1. The lowest BCUT2D eigenvalue weighted by Gasteiger charge is -2.23. The van der Waals surface area contributed by atoms with E-state index in [4.69, 9.17) is 0 Å².